The number of methoxy groups -OCH3 is 5. The van der Waals surface area contributed by atoms with Gasteiger partial charge in [-0.25, -0.2) is 0 Å². The van der Waals surface area contributed by atoms with E-state index in [1.54, 1.807) is 130 Å². The van der Waals surface area contributed by atoms with Crippen LogP contribution in [0.5, 0.6) is 28.7 Å². The van der Waals surface area contributed by atoms with Gasteiger partial charge < -0.3 is 23.7 Å². The fourth-order valence-corrected chi connectivity index (χ4v) is 5.83. The van der Waals surface area contributed by atoms with Gasteiger partial charge in [-0.1, -0.05) is 104 Å². The summed E-state index contributed by atoms with van der Waals surface area (Å²) in [6.45, 7) is 11.8. The van der Waals surface area contributed by atoms with Gasteiger partial charge in [-0.15, -0.1) is 0 Å². The molecule has 0 spiro atoms. The lowest BCUT2D eigenvalue weighted by Gasteiger charge is -2.07. The zero-order chi connectivity index (χ0) is 48.5. The number of ketones is 5. The van der Waals surface area contributed by atoms with Crippen LogP contribution in [0.25, 0.3) is 21.5 Å². The van der Waals surface area contributed by atoms with Crippen LogP contribution >= 0.6 is 0 Å². The highest BCUT2D eigenvalue weighted by atomic mass is 16.5. The number of rotatable bonds is 10. The van der Waals surface area contributed by atoms with E-state index in [9.17, 15) is 24.0 Å². The van der Waals surface area contributed by atoms with Gasteiger partial charge in [-0.2, -0.15) is 0 Å². The van der Waals surface area contributed by atoms with Gasteiger partial charge in [-0.05, 0) is 136 Å². The second-order valence-corrected chi connectivity index (χ2v) is 13.8. The Morgan fingerprint density at radius 3 is 1.12 bits per heavy atom. The van der Waals surface area contributed by atoms with Crippen molar-refractivity contribution in [2.45, 2.75) is 78.2 Å². The molecule has 372 valence electrons. The minimum atomic E-state index is 0. The van der Waals surface area contributed by atoms with E-state index in [1.165, 1.54) is 6.92 Å². The molecule has 0 saturated heterocycles. The predicted molar refractivity (Wildman–Crippen MR) is 288 cm³/mol. The maximum absolute atomic E-state index is 11.4. The number of fused-ring (bicyclic) bond motifs is 2. The SMILES string of the molecule is C.C.C.C.CC.COc1ccc(C(C)=O)cc1.COc1ccc(C(C)=O)cc1.COc1ccc2cc(C(C)=O)ccc2c1.COc1cccc(C(C)=O)c1.COc1cccc2c(C(C)=O)cccc12. The van der Waals surface area contributed by atoms with Crippen LogP contribution in [0.3, 0.4) is 0 Å². The molecule has 69 heavy (non-hydrogen) atoms. The van der Waals surface area contributed by atoms with Crippen LogP contribution in [-0.4, -0.2) is 64.5 Å². The molecule has 7 rings (SSSR count). The van der Waals surface area contributed by atoms with Crippen LogP contribution in [0.1, 0.15) is 130 Å². The first-order valence-electron chi connectivity index (χ1n) is 20.8. The standard InChI is InChI=1S/2C13H12O2.3C9H10O2.C2H6.4CH4/c1-9(14)10-5-3-7-12-11(10)6-4-8-13(12)15-2;1-9(14)10-3-4-12-8-13(15-2)6-5-11(12)7-10;2*1-7(10)8-3-5-9(11-2)6-4-8;1-7(10)8-4-3-5-9(6-8)11-2;1-2;;;;/h2*3-8H,1-2H3;3*3-6H,1-2H3;1-2H3;4*1H4. The molecule has 0 bridgehead atoms. The number of hydrogen-bond donors (Lipinski definition) is 0. The molecule has 0 radical (unpaired) electrons. The predicted octanol–water partition coefficient (Wildman–Crippen LogP) is 15.4. The quantitative estimate of drug-likeness (QED) is 0.122. The largest absolute Gasteiger partial charge is 0.497 e. The second kappa shape index (κ2) is 34.7. The highest BCUT2D eigenvalue weighted by Crippen LogP contribution is 2.28. The molecule has 0 atom stereocenters. The first kappa shape index (κ1) is 65.7. The molecule has 10 heteroatoms. The lowest BCUT2D eigenvalue weighted by atomic mass is 10.0. The third-order valence-electron chi connectivity index (χ3n) is 9.40. The van der Waals surface area contributed by atoms with Gasteiger partial charge >= 0.3 is 0 Å². The number of ether oxygens (including phenoxy) is 5. The summed E-state index contributed by atoms with van der Waals surface area (Å²) < 4.78 is 25.2. The van der Waals surface area contributed by atoms with Crippen LogP contribution in [-0.2, 0) is 0 Å². The molecule has 7 aromatic rings. The van der Waals surface area contributed by atoms with Gasteiger partial charge in [0.05, 0.1) is 35.5 Å². The van der Waals surface area contributed by atoms with Crippen molar-refractivity contribution < 1.29 is 47.7 Å². The zero-order valence-corrected chi connectivity index (χ0v) is 39.4. The molecule has 0 amide bonds. The topological polar surface area (TPSA) is 132 Å². The molecular weight excluding hydrogens is 869 g/mol. The Labute approximate surface area is 412 Å². The number of carbonyl (C=O) groups excluding carboxylic acids is 5. The Balaban J connectivity index is -0.000000776. The van der Waals surface area contributed by atoms with Gasteiger partial charge in [0.1, 0.15) is 28.7 Å². The Kier molecular flexibility index (Phi) is 33.0. The fraction of sp³-hybridized carbons (Fsp3) is 0.271. The van der Waals surface area contributed by atoms with Crippen LogP contribution < -0.4 is 23.7 Å². The van der Waals surface area contributed by atoms with E-state index in [2.05, 4.69) is 0 Å². The van der Waals surface area contributed by atoms with Gasteiger partial charge in [0.2, 0.25) is 0 Å². The van der Waals surface area contributed by atoms with Gasteiger partial charge in [-0.3, -0.25) is 24.0 Å². The molecule has 10 nitrogen and oxygen atoms in total. The second-order valence-electron chi connectivity index (χ2n) is 13.8. The van der Waals surface area contributed by atoms with E-state index in [-0.39, 0.29) is 58.6 Å². The molecule has 0 N–H and O–H groups in total. The van der Waals surface area contributed by atoms with Crippen molar-refractivity contribution in [3.8, 4) is 28.7 Å². The van der Waals surface area contributed by atoms with E-state index >= 15 is 0 Å². The maximum atomic E-state index is 11.4. The first-order chi connectivity index (χ1) is 31.1. The summed E-state index contributed by atoms with van der Waals surface area (Å²) in [5, 5.41) is 4.07. The average molecular weight is 945 g/mol. The fourth-order valence-electron chi connectivity index (χ4n) is 5.83. The van der Waals surface area contributed by atoms with Crippen molar-refractivity contribution >= 4 is 50.5 Å². The third-order valence-corrected chi connectivity index (χ3v) is 9.40. The van der Waals surface area contributed by atoms with E-state index in [0.717, 1.165) is 61.4 Å². The molecule has 0 aliphatic heterocycles. The zero-order valence-electron chi connectivity index (χ0n) is 39.4. The summed E-state index contributed by atoms with van der Waals surface area (Å²) in [7, 11) is 8.06. The van der Waals surface area contributed by atoms with E-state index in [1.807, 2.05) is 92.7 Å². The molecule has 0 saturated carbocycles. The minimum absolute atomic E-state index is 0. The number of hydrogen-bond acceptors (Lipinski definition) is 10. The van der Waals surface area contributed by atoms with E-state index in [4.69, 9.17) is 23.7 Å². The van der Waals surface area contributed by atoms with Crippen molar-refractivity contribution in [3.63, 3.8) is 0 Å². The Morgan fingerprint density at radius 2 is 0.681 bits per heavy atom. The highest BCUT2D eigenvalue weighted by molar-refractivity contribution is 6.08. The van der Waals surface area contributed by atoms with E-state index < -0.39 is 0 Å². The van der Waals surface area contributed by atoms with E-state index in [0.29, 0.717) is 16.7 Å². The third kappa shape index (κ3) is 21.3. The summed E-state index contributed by atoms with van der Waals surface area (Å²) in [4.78, 5) is 55.1. The minimum Gasteiger partial charge on any atom is -0.497 e. The summed E-state index contributed by atoms with van der Waals surface area (Å²) >= 11 is 0. The van der Waals surface area contributed by atoms with Gasteiger partial charge in [0.15, 0.2) is 28.9 Å². The number of carbonyl (C=O) groups is 5. The van der Waals surface area contributed by atoms with Crippen LogP contribution in [0.15, 0.2) is 146 Å². The monoisotopic (exact) mass is 945 g/mol. The lowest BCUT2D eigenvalue weighted by Crippen LogP contribution is -1.94. The highest BCUT2D eigenvalue weighted by Gasteiger charge is 2.08. The molecule has 0 heterocycles. The van der Waals surface area contributed by atoms with Crippen LogP contribution in [0, 0.1) is 0 Å². The summed E-state index contributed by atoms with van der Waals surface area (Å²) in [6, 6.07) is 44.1. The van der Waals surface area contributed by atoms with Crippen LogP contribution in [0.2, 0.25) is 0 Å². The smallest absolute Gasteiger partial charge is 0.160 e. The van der Waals surface area contributed by atoms with Gasteiger partial charge in [0.25, 0.3) is 0 Å². The first-order valence-corrected chi connectivity index (χ1v) is 20.8. The van der Waals surface area contributed by atoms with Crippen molar-refractivity contribution in [1.29, 1.82) is 0 Å². The van der Waals surface area contributed by atoms with Crippen molar-refractivity contribution in [2.75, 3.05) is 35.5 Å². The Hall–Kier alpha value is -7.59. The van der Waals surface area contributed by atoms with Crippen molar-refractivity contribution in [2.24, 2.45) is 0 Å². The summed E-state index contributed by atoms with van der Waals surface area (Å²) in [6.07, 6.45) is 0. The summed E-state index contributed by atoms with van der Waals surface area (Å²) in [5.74, 6) is 4.28. The molecule has 0 aliphatic rings. The molecule has 0 aliphatic carbocycles. The van der Waals surface area contributed by atoms with Crippen molar-refractivity contribution in [1.82, 2.24) is 0 Å². The molecule has 7 aromatic carbocycles. The Morgan fingerprint density at radius 1 is 0.319 bits per heavy atom. The summed E-state index contributed by atoms with van der Waals surface area (Å²) in [5.41, 5.74) is 3.60. The Bertz CT molecular complexity index is 2570. The normalized spacial score (nSPS) is 8.99. The van der Waals surface area contributed by atoms with Crippen LogP contribution in [0.4, 0.5) is 0 Å². The van der Waals surface area contributed by atoms with Gasteiger partial charge in [0, 0.05) is 33.2 Å². The van der Waals surface area contributed by atoms with Crippen molar-refractivity contribution in [3.05, 3.63) is 173 Å². The number of benzene rings is 7. The number of Topliss-reactive ketones (excluding diaryl/α,β-unsaturated/α-hetero) is 5. The molecule has 0 fully saturated rings. The maximum Gasteiger partial charge on any atom is 0.160 e. The molecule has 0 unspecified atom stereocenters. The molecular formula is C59H76O10. The molecule has 0 aromatic heterocycles. The average Bonchev–Trinajstić information content (AvgIpc) is 3.34. The lowest BCUT2D eigenvalue weighted by molar-refractivity contribution is 0.100.